The van der Waals surface area contributed by atoms with Crippen molar-refractivity contribution in [3.05, 3.63) is 11.2 Å². The lowest BCUT2D eigenvalue weighted by Gasteiger charge is -2.16. The van der Waals surface area contributed by atoms with Crippen molar-refractivity contribution in [1.82, 2.24) is 9.97 Å². The third-order valence-electron chi connectivity index (χ3n) is 2.81. The molecule has 0 aromatic carbocycles. The van der Waals surface area contributed by atoms with E-state index in [-0.39, 0.29) is 12.1 Å². The van der Waals surface area contributed by atoms with E-state index in [4.69, 9.17) is 22.1 Å². The molecule has 1 saturated carbocycles. The maximum atomic E-state index is 5.95. The highest BCUT2D eigenvalue weighted by Crippen LogP contribution is 2.26. The predicted octanol–water partition coefficient (Wildman–Crippen LogP) is 2.81. The largest absolute Gasteiger partial charge is 0.473 e. The van der Waals surface area contributed by atoms with Crippen LogP contribution in [0.1, 0.15) is 38.5 Å². The molecule has 4 nitrogen and oxygen atoms in total. The highest BCUT2D eigenvalue weighted by atomic mass is 35.5. The number of hydrogen-bond donors (Lipinski definition) is 1. The van der Waals surface area contributed by atoms with Gasteiger partial charge in [-0.2, -0.15) is 4.98 Å². The standard InChI is InChI=1S/C11H16ClN3O/c12-9-7-14-11(13)15-10(9)16-8-5-3-1-2-4-6-8/h7-8H,1-6H2,(H2,13,14,15). The van der Waals surface area contributed by atoms with Gasteiger partial charge in [0.1, 0.15) is 11.1 Å². The number of ether oxygens (including phenoxy) is 1. The molecule has 0 aliphatic heterocycles. The highest BCUT2D eigenvalue weighted by Gasteiger charge is 2.16. The molecule has 0 atom stereocenters. The summed E-state index contributed by atoms with van der Waals surface area (Å²) in [6.07, 6.45) is 8.84. The first-order chi connectivity index (χ1) is 7.75. The first-order valence-electron chi connectivity index (χ1n) is 5.70. The summed E-state index contributed by atoms with van der Waals surface area (Å²) in [5.41, 5.74) is 5.50. The maximum absolute atomic E-state index is 5.95. The molecule has 1 aliphatic carbocycles. The zero-order valence-corrected chi connectivity index (χ0v) is 9.91. The van der Waals surface area contributed by atoms with Crippen molar-refractivity contribution in [2.75, 3.05) is 5.73 Å². The molecule has 1 aromatic heterocycles. The van der Waals surface area contributed by atoms with Crippen molar-refractivity contribution >= 4 is 17.5 Å². The van der Waals surface area contributed by atoms with Crippen molar-refractivity contribution in [3.8, 4) is 5.88 Å². The number of nitrogens with zero attached hydrogens (tertiary/aromatic N) is 2. The molecule has 0 bridgehead atoms. The van der Waals surface area contributed by atoms with Gasteiger partial charge in [0.05, 0.1) is 6.20 Å². The molecule has 88 valence electrons. The summed E-state index contributed by atoms with van der Waals surface area (Å²) in [5, 5.41) is 0.429. The Morgan fingerprint density at radius 3 is 2.62 bits per heavy atom. The predicted molar refractivity (Wildman–Crippen MR) is 63.6 cm³/mol. The normalized spacial score (nSPS) is 18.1. The smallest absolute Gasteiger partial charge is 0.237 e. The van der Waals surface area contributed by atoms with Gasteiger partial charge in [0.15, 0.2) is 0 Å². The molecule has 5 heteroatoms. The summed E-state index contributed by atoms with van der Waals surface area (Å²) < 4.78 is 5.78. The van der Waals surface area contributed by atoms with Crippen molar-refractivity contribution in [2.24, 2.45) is 0 Å². The van der Waals surface area contributed by atoms with E-state index in [1.165, 1.54) is 31.9 Å². The van der Waals surface area contributed by atoms with Crippen LogP contribution in [0.15, 0.2) is 6.20 Å². The average molecular weight is 242 g/mol. The van der Waals surface area contributed by atoms with Crippen LogP contribution in [0.5, 0.6) is 5.88 Å². The number of nitrogens with two attached hydrogens (primary N) is 1. The van der Waals surface area contributed by atoms with Gasteiger partial charge in [0, 0.05) is 0 Å². The molecule has 1 heterocycles. The van der Waals surface area contributed by atoms with E-state index in [1.54, 1.807) is 0 Å². The molecule has 2 N–H and O–H groups in total. The summed E-state index contributed by atoms with van der Waals surface area (Å²) in [7, 11) is 0. The van der Waals surface area contributed by atoms with Gasteiger partial charge in [0.2, 0.25) is 11.8 Å². The second-order valence-corrected chi connectivity index (χ2v) is 4.52. The summed E-state index contributed by atoms with van der Waals surface area (Å²) in [6.45, 7) is 0. The molecule has 1 aromatic rings. The fourth-order valence-corrected chi connectivity index (χ4v) is 2.10. The van der Waals surface area contributed by atoms with Crippen LogP contribution in [0.25, 0.3) is 0 Å². The second kappa shape index (κ2) is 5.34. The fourth-order valence-electron chi connectivity index (χ4n) is 1.96. The van der Waals surface area contributed by atoms with E-state index >= 15 is 0 Å². The molecule has 0 radical (unpaired) electrons. The molecular formula is C11H16ClN3O. The minimum atomic E-state index is 0.202. The second-order valence-electron chi connectivity index (χ2n) is 4.11. The molecule has 0 unspecified atom stereocenters. The molecule has 1 fully saturated rings. The molecule has 2 rings (SSSR count). The maximum Gasteiger partial charge on any atom is 0.237 e. The third kappa shape index (κ3) is 2.98. The lowest BCUT2D eigenvalue weighted by molar-refractivity contribution is 0.176. The Labute approximate surface area is 100 Å². The lowest BCUT2D eigenvalue weighted by atomic mass is 10.1. The zero-order valence-electron chi connectivity index (χ0n) is 9.16. The highest BCUT2D eigenvalue weighted by molar-refractivity contribution is 6.31. The average Bonchev–Trinajstić information content (AvgIpc) is 2.52. The summed E-state index contributed by atoms with van der Waals surface area (Å²) in [6, 6.07) is 0. The summed E-state index contributed by atoms with van der Waals surface area (Å²) in [4.78, 5) is 7.82. The number of aromatic nitrogens is 2. The van der Waals surface area contributed by atoms with E-state index < -0.39 is 0 Å². The Morgan fingerprint density at radius 2 is 1.94 bits per heavy atom. The van der Waals surface area contributed by atoms with Gasteiger partial charge in [-0.1, -0.05) is 24.4 Å². The lowest BCUT2D eigenvalue weighted by Crippen LogP contribution is -2.16. The number of halogens is 1. The van der Waals surface area contributed by atoms with E-state index in [2.05, 4.69) is 9.97 Å². The molecule has 0 amide bonds. The van der Waals surface area contributed by atoms with E-state index in [1.807, 2.05) is 0 Å². The molecule has 0 saturated heterocycles. The van der Waals surface area contributed by atoms with Crippen molar-refractivity contribution < 1.29 is 4.74 Å². The van der Waals surface area contributed by atoms with Crippen LogP contribution in [0.4, 0.5) is 5.95 Å². The number of anilines is 1. The third-order valence-corrected chi connectivity index (χ3v) is 3.07. The minimum absolute atomic E-state index is 0.202. The minimum Gasteiger partial charge on any atom is -0.473 e. The number of hydrogen-bond acceptors (Lipinski definition) is 4. The summed E-state index contributed by atoms with van der Waals surface area (Å²) >= 11 is 5.95. The number of rotatable bonds is 2. The van der Waals surface area contributed by atoms with Gasteiger partial charge in [-0.3, -0.25) is 0 Å². The quantitative estimate of drug-likeness (QED) is 0.809. The Hall–Kier alpha value is -1.03. The van der Waals surface area contributed by atoms with Crippen LogP contribution in [0, 0.1) is 0 Å². The zero-order chi connectivity index (χ0) is 11.4. The first-order valence-corrected chi connectivity index (χ1v) is 6.08. The van der Waals surface area contributed by atoms with E-state index in [0.29, 0.717) is 10.9 Å². The van der Waals surface area contributed by atoms with Gasteiger partial charge >= 0.3 is 0 Å². The van der Waals surface area contributed by atoms with Crippen molar-refractivity contribution in [3.63, 3.8) is 0 Å². The van der Waals surface area contributed by atoms with Crippen molar-refractivity contribution in [2.45, 2.75) is 44.6 Å². The Bertz CT molecular complexity index is 351. The Morgan fingerprint density at radius 1 is 1.25 bits per heavy atom. The van der Waals surface area contributed by atoms with Gasteiger partial charge in [-0.15, -0.1) is 0 Å². The van der Waals surface area contributed by atoms with E-state index in [9.17, 15) is 0 Å². The van der Waals surface area contributed by atoms with Gasteiger partial charge in [-0.25, -0.2) is 4.98 Å². The van der Waals surface area contributed by atoms with Crippen molar-refractivity contribution in [1.29, 1.82) is 0 Å². The SMILES string of the molecule is Nc1ncc(Cl)c(OC2CCCCCC2)n1. The van der Waals surface area contributed by atoms with Crippen LogP contribution in [-0.4, -0.2) is 16.1 Å². The first kappa shape index (κ1) is 11.5. The van der Waals surface area contributed by atoms with Crippen LogP contribution < -0.4 is 10.5 Å². The number of nitrogen functional groups attached to an aromatic ring is 1. The summed E-state index contributed by atoms with van der Waals surface area (Å²) in [5.74, 6) is 0.620. The monoisotopic (exact) mass is 241 g/mol. The topological polar surface area (TPSA) is 61.0 Å². The van der Waals surface area contributed by atoms with Gasteiger partial charge < -0.3 is 10.5 Å². The van der Waals surface area contributed by atoms with Crippen LogP contribution in [-0.2, 0) is 0 Å². The van der Waals surface area contributed by atoms with Gasteiger partial charge in [0.25, 0.3) is 0 Å². The molecule has 16 heavy (non-hydrogen) atoms. The van der Waals surface area contributed by atoms with Gasteiger partial charge in [-0.05, 0) is 25.7 Å². The fraction of sp³-hybridized carbons (Fsp3) is 0.636. The van der Waals surface area contributed by atoms with Crippen LogP contribution in [0.3, 0.4) is 0 Å². The van der Waals surface area contributed by atoms with E-state index in [0.717, 1.165) is 12.8 Å². The Kier molecular flexibility index (Phi) is 3.83. The molecule has 0 spiro atoms. The Balaban J connectivity index is 2.04. The molecule has 1 aliphatic rings. The molecular weight excluding hydrogens is 226 g/mol. The van der Waals surface area contributed by atoms with Crippen LogP contribution >= 0.6 is 11.6 Å². The van der Waals surface area contributed by atoms with Crippen LogP contribution in [0.2, 0.25) is 5.02 Å².